The number of hydrogen-bond donors (Lipinski definition) is 1. The van der Waals surface area contributed by atoms with Gasteiger partial charge in [0.05, 0.1) is 0 Å². The van der Waals surface area contributed by atoms with Crippen LogP contribution in [-0.4, -0.2) is 30.4 Å². The molecule has 1 N–H and O–H groups in total. The van der Waals surface area contributed by atoms with E-state index in [4.69, 9.17) is 0 Å². The van der Waals surface area contributed by atoms with Crippen molar-refractivity contribution in [2.45, 2.75) is 19.3 Å². The quantitative estimate of drug-likeness (QED) is 0.817. The normalized spacial score (nSPS) is 15.0. The minimum atomic E-state index is -0.108. The van der Waals surface area contributed by atoms with E-state index in [0.29, 0.717) is 0 Å². The molecule has 0 atom stereocenters. The van der Waals surface area contributed by atoms with Crippen LogP contribution in [0.3, 0.4) is 0 Å². The van der Waals surface area contributed by atoms with Crippen molar-refractivity contribution >= 4 is 17.7 Å². The summed E-state index contributed by atoms with van der Waals surface area (Å²) in [6.07, 6.45) is 7.13. The van der Waals surface area contributed by atoms with E-state index in [2.05, 4.69) is 22.3 Å². The first-order chi connectivity index (χ1) is 11.8. The maximum absolute atomic E-state index is 12.0. The summed E-state index contributed by atoms with van der Waals surface area (Å²) < 4.78 is 0. The number of nitrogens with one attached hydrogen (secondary N) is 1. The number of hydrogen-bond acceptors (Lipinski definition) is 2. The SMILES string of the molecule is O=C(/C=C/c1ccccc1)Nc1ccc(CCN2CCCC2)cc1. The second-order valence-electron chi connectivity index (χ2n) is 6.23. The fraction of sp³-hybridized carbons (Fsp3) is 0.286. The van der Waals surface area contributed by atoms with E-state index in [9.17, 15) is 4.79 Å². The van der Waals surface area contributed by atoms with Crippen molar-refractivity contribution in [3.8, 4) is 0 Å². The van der Waals surface area contributed by atoms with Crippen molar-refractivity contribution in [1.82, 2.24) is 4.90 Å². The smallest absolute Gasteiger partial charge is 0.248 e. The fourth-order valence-corrected chi connectivity index (χ4v) is 2.97. The maximum Gasteiger partial charge on any atom is 0.248 e. The van der Waals surface area contributed by atoms with Gasteiger partial charge in [-0.1, -0.05) is 42.5 Å². The number of rotatable bonds is 6. The lowest BCUT2D eigenvalue weighted by molar-refractivity contribution is -0.111. The van der Waals surface area contributed by atoms with Crippen molar-refractivity contribution in [2.75, 3.05) is 25.0 Å². The lowest BCUT2D eigenvalue weighted by atomic mass is 10.1. The van der Waals surface area contributed by atoms with Gasteiger partial charge in [0.15, 0.2) is 0 Å². The van der Waals surface area contributed by atoms with E-state index in [-0.39, 0.29) is 5.91 Å². The summed E-state index contributed by atoms with van der Waals surface area (Å²) in [5.41, 5.74) is 3.17. The highest BCUT2D eigenvalue weighted by atomic mass is 16.1. The van der Waals surface area contributed by atoms with Gasteiger partial charge in [-0.05, 0) is 61.7 Å². The highest BCUT2D eigenvalue weighted by molar-refractivity contribution is 6.01. The summed E-state index contributed by atoms with van der Waals surface area (Å²) >= 11 is 0. The molecule has 1 heterocycles. The van der Waals surface area contributed by atoms with Crippen molar-refractivity contribution in [2.24, 2.45) is 0 Å². The molecular weight excluding hydrogens is 296 g/mol. The van der Waals surface area contributed by atoms with Crippen LogP contribution in [0.5, 0.6) is 0 Å². The number of nitrogens with zero attached hydrogens (tertiary/aromatic N) is 1. The number of amides is 1. The van der Waals surface area contributed by atoms with Gasteiger partial charge in [0.1, 0.15) is 0 Å². The molecule has 1 saturated heterocycles. The Morgan fingerprint density at radius 1 is 1.00 bits per heavy atom. The van der Waals surface area contributed by atoms with E-state index < -0.39 is 0 Å². The molecule has 3 nitrogen and oxygen atoms in total. The van der Waals surface area contributed by atoms with Gasteiger partial charge in [0, 0.05) is 18.3 Å². The molecule has 0 radical (unpaired) electrons. The molecule has 1 fully saturated rings. The first kappa shape index (κ1) is 16.5. The predicted molar refractivity (Wildman–Crippen MR) is 99.9 cm³/mol. The van der Waals surface area contributed by atoms with E-state index >= 15 is 0 Å². The molecular formula is C21H24N2O. The molecule has 0 aliphatic carbocycles. The average molecular weight is 320 g/mol. The Labute approximate surface area is 144 Å². The maximum atomic E-state index is 12.0. The van der Waals surface area contributed by atoms with Crippen molar-refractivity contribution in [3.05, 3.63) is 71.8 Å². The predicted octanol–water partition coefficient (Wildman–Crippen LogP) is 3.98. The van der Waals surface area contributed by atoms with Crippen LogP contribution in [0, 0.1) is 0 Å². The lowest BCUT2D eigenvalue weighted by Gasteiger charge is -2.14. The second-order valence-corrected chi connectivity index (χ2v) is 6.23. The minimum Gasteiger partial charge on any atom is -0.323 e. The molecule has 3 rings (SSSR count). The highest BCUT2D eigenvalue weighted by Gasteiger charge is 2.10. The van der Waals surface area contributed by atoms with Crippen LogP contribution >= 0.6 is 0 Å². The zero-order valence-electron chi connectivity index (χ0n) is 13.9. The second kappa shape index (κ2) is 8.46. The van der Waals surface area contributed by atoms with Gasteiger partial charge in [-0.3, -0.25) is 4.79 Å². The van der Waals surface area contributed by atoms with Crippen molar-refractivity contribution in [1.29, 1.82) is 0 Å². The molecule has 0 spiro atoms. The Morgan fingerprint density at radius 2 is 1.71 bits per heavy atom. The summed E-state index contributed by atoms with van der Waals surface area (Å²) in [5, 5.41) is 2.90. The van der Waals surface area contributed by atoms with Gasteiger partial charge in [-0.2, -0.15) is 0 Å². The summed E-state index contributed by atoms with van der Waals surface area (Å²) in [4.78, 5) is 14.5. The van der Waals surface area contributed by atoms with Crippen molar-refractivity contribution < 1.29 is 4.79 Å². The van der Waals surface area contributed by atoms with Crippen LogP contribution in [0.2, 0.25) is 0 Å². The summed E-state index contributed by atoms with van der Waals surface area (Å²) in [6, 6.07) is 18.0. The largest absolute Gasteiger partial charge is 0.323 e. The Morgan fingerprint density at radius 3 is 2.42 bits per heavy atom. The Hall–Kier alpha value is -2.39. The van der Waals surface area contributed by atoms with Gasteiger partial charge in [0.25, 0.3) is 0 Å². The Balaban J connectivity index is 1.48. The zero-order chi connectivity index (χ0) is 16.6. The topological polar surface area (TPSA) is 32.3 Å². The third-order valence-corrected chi connectivity index (χ3v) is 4.36. The molecule has 2 aromatic rings. The van der Waals surface area contributed by atoms with Crippen LogP contribution in [0.25, 0.3) is 6.08 Å². The molecule has 0 aromatic heterocycles. The van der Waals surface area contributed by atoms with Gasteiger partial charge in [-0.25, -0.2) is 0 Å². The number of carbonyl (C=O) groups excluding carboxylic acids is 1. The van der Waals surface area contributed by atoms with E-state index in [1.54, 1.807) is 6.08 Å². The Kier molecular flexibility index (Phi) is 5.80. The molecule has 24 heavy (non-hydrogen) atoms. The number of benzene rings is 2. The van der Waals surface area contributed by atoms with Crippen LogP contribution in [0.15, 0.2) is 60.7 Å². The molecule has 0 bridgehead atoms. The summed E-state index contributed by atoms with van der Waals surface area (Å²) in [5.74, 6) is -0.108. The third kappa shape index (κ3) is 5.07. The van der Waals surface area contributed by atoms with E-state index in [1.807, 2.05) is 48.5 Å². The Bertz CT molecular complexity index is 671. The van der Waals surface area contributed by atoms with Crippen molar-refractivity contribution in [3.63, 3.8) is 0 Å². The van der Waals surface area contributed by atoms with Crippen LogP contribution in [0.1, 0.15) is 24.0 Å². The van der Waals surface area contributed by atoms with Gasteiger partial charge >= 0.3 is 0 Å². The zero-order valence-corrected chi connectivity index (χ0v) is 13.9. The lowest BCUT2D eigenvalue weighted by Crippen LogP contribution is -2.21. The summed E-state index contributed by atoms with van der Waals surface area (Å²) in [7, 11) is 0. The molecule has 1 aliphatic rings. The summed E-state index contributed by atoms with van der Waals surface area (Å²) in [6.45, 7) is 3.61. The number of anilines is 1. The number of likely N-dealkylation sites (tertiary alicyclic amines) is 1. The fourth-order valence-electron chi connectivity index (χ4n) is 2.97. The van der Waals surface area contributed by atoms with Gasteiger partial charge < -0.3 is 10.2 Å². The van der Waals surface area contributed by atoms with Crippen LogP contribution in [0.4, 0.5) is 5.69 Å². The average Bonchev–Trinajstić information content (AvgIpc) is 3.14. The molecule has 124 valence electrons. The molecule has 0 unspecified atom stereocenters. The number of carbonyl (C=O) groups is 1. The van der Waals surface area contributed by atoms with E-state index in [0.717, 1.165) is 24.2 Å². The minimum absolute atomic E-state index is 0.108. The molecule has 0 saturated carbocycles. The molecule has 1 amide bonds. The highest BCUT2D eigenvalue weighted by Crippen LogP contribution is 2.13. The third-order valence-electron chi connectivity index (χ3n) is 4.36. The van der Waals surface area contributed by atoms with Crippen LogP contribution in [-0.2, 0) is 11.2 Å². The first-order valence-electron chi connectivity index (χ1n) is 8.65. The first-order valence-corrected chi connectivity index (χ1v) is 8.65. The van der Waals surface area contributed by atoms with Gasteiger partial charge in [0.2, 0.25) is 5.91 Å². The van der Waals surface area contributed by atoms with Gasteiger partial charge in [-0.15, -0.1) is 0 Å². The molecule has 3 heteroatoms. The molecule has 1 aliphatic heterocycles. The monoisotopic (exact) mass is 320 g/mol. The standard InChI is InChI=1S/C21H24N2O/c24-21(13-10-18-6-2-1-3-7-18)22-20-11-8-19(9-12-20)14-17-23-15-4-5-16-23/h1-3,6-13H,4-5,14-17H2,(H,22,24)/b13-10+. The van der Waals surface area contributed by atoms with Crippen LogP contribution < -0.4 is 5.32 Å². The molecule has 2 aromatic carbocycles. The van der Waals surface area contributed by atoms with E-state index in [1.165, 1.54) is 31.5 Å².